The molecule has 0 radical (unpaired) electrons. The Morgan fingerprint density at radius 1 is 1.27 bits per heavy atom. The van der Waals surface area contributed by atoms with Gasteiger partial charge in [0.1, 0.15) is 17.9 Å². The summed E-state index contributed by atoms with van der Waals surface area (Å²) in [7, 11) is 1.34. The number of hydrogen-bond acceptors (Lipinski definition) is 5. The van der Waals surface area contributed by atoms with Crippen molar-refractivity contribution in [1.29, 1.82) is 0 Å². The molecule has 2 aromatic heterocycles. The molecule has 0 aliphatic heterocycles. The van der Waals surface area contributed by atoms with E-state index in [-0.39, 0.29) is 5.52 Å². The summed E-state index contributed by atoms with van der Waals surface area (Å²) in [6.45, 7) is -0.702. The number of rotatable bonds is 4. The number of nitrogens with one attached hydrogen (secondary N) is 1. The van der Waals surface area contributed by atoms with Crippen molar-refractivity contribution in [1.82, 2.24) is 19.7 Å². The number of aromatic nitrogens is 3. The van der Waals surface area contributed by atoms with Crippen LogP contribution < -0.4 is 10.9 Å². The molecule has 1 aromatic carbocycles. The average molecular weight is 360 g/mol. The number of carbonyl (C=O) groups excluding carboxylic acids is 1. The first-order valence-electron chi connectivity index (χ1n) is 7.37. The molecule has 0 saturated carbocycles. The van der Waals surface area contributed by atoms with Crippen molar-refractivity contribution in [2.45, 2.75) is 0 Å². The fourth-order valence-electron chi connectivity index (χ4n) is 2.45. The Bertz CT molecular complexity index is 1080. The fourth-order valence-corrected chi connectivity index (χ4v) is 2.45. The van der Waals surface area contributed by atoms with E-state index in [1.54, 1.807) is 0 Å². The lowest BCUT2D eigenvalue weighted by atomic mass is 10.1. The van der Waals surface area contributed by atoms with Crippen molar-refractivity contribution in [3.8, 4) is 17.0 Å². The zero-order chi connectivity index (χ0) is 19.0. The van der Waals surface area contributed by atoms with Crippen LogP contribution in [0, 0.1) is 5.82 Å². The number of fused-ring (bicyclic) bond motifs is 1. The summed E-state index contributed by atoms with van der Waals surface area (Å²) in [5.74, 6) is -3.36. The van der Waals surface area contributed by atoms with Crippen LogP contribution in [0.4, 0.5) is 4.39 Å². The molecular formula is C16H13FN4O5. The predicted octanol–water partition coefficient (Wildman–Crippen LogP) is 0.359. The zero-order valence-electron chi connectivity index (χ0n) is 13.4. The van der Waals surface area contributed by atoms with Crippen LogP contribution in [0.2, 0.25) is 0 Å². The van der Waals surface area contributed by atoms with Crippen molar-refractivity contribution in [2.24, 2.45) is 7.05 Å². The highest BCUT2D eigenvalue weighted by Gasteiger charge is 2.23. The predicted molar refractivity (Wildman–Crippen MR) is 87.5 cm³/mol. The number of aryl methyl sites for hydroxylation is 1. The maximum absolute atomic E-state index is 13.1. The number of carboxylic acids is 1. The number of carboxylic acid groups (broad SMARTS) is 1. The van der Waals surface area contributed by atoms with E-state index >= 15 is 0 Å². The lowest BCUT2D eigenvalue weighted by Crippen LogP contribution is -2.36. The van der Waals surface area contributed by atoms with Gasteiger partial charge in [-0.25, -0.2) is 9.07 Å². The highest BCUT2D eigenvalue weighted by atomic mass is 19.1. The van der Waals surface area contributed by atoms with Crippen LogP contribution in [0.15, 0.2) is 35.1 Å². The molecule has 9 nitrogen and oxygen atoms in total. The molecule has 10 heteroatoms. The largest absolute Gasteiger partial charge is 0.505 e. The zero-order valence-corrected chi connectivity index (χ0v) is 13.4. The molecule has 3 rings (SSSR count). The monoisotopic (exact) mass is 360 g/mol. The standard InChI is InChI=1S/C16H13FN4O5/c1-20-16(26)13(15(25)18-7-12(22)23)14(24)11-6-10(19-21(11)20)8-2-4-9(17)5-3-8/h2-6,24H,7H2,1H3,(H,18,25)(H,22,23). The smallest absolute Gasteiger partial charge is 0.322 e. The van der Waals surface area contributed by atoms with E-state index in [2.05, 4.69) is 5.10 Å². The molecule has 0 saturated heterocycles. The Kier molecular flexibility index (Phi) is 4.16. The molecule has 3 N–H and O–H groups in total. The Balaban J connectivity index is 2.15. The average Bonchev–Trinajstić information content (AvgIpc) is 3.04. The number of amides is 1. The molecule has 0 aliphatic carbocycles. The SMILES string of the molecule is Cn1c(=O)c(C(=O)NCC(=O)O)c(O)c2cc(-c3ccc(F)cc3)nn21. The maximum Gasteiger partial charge on any atom is 0.322 e. The van der Waals surface area contributed by atoms with Crippen LogP contribution in [0.25, 0.3) is 16.8 Å². The van der Waals surface area contributed by atoms with Crippen LogP contribution >= 0.6 is 0 Å². The molecule has 1 amide bonds. The molecule has 2 heterocycles. The highest BCUT2D eigenvalue weighted by molar-refractivity contribution is 5.99. The number of aliphatic carboxylic acids is 1. The third kappa shape index (κ3) is 2.88. The van der Waals surface area contributed by atoms with E-state index < -0.39 is 41.1 Å². The molecule has 134 valence electrons. The minimum absolute atomic E-state index is 0.0619. The van der Waals surface area contributed by atoms with Crippen LogP contribution in [-0.4, -0.2) is 43.0 Å². The summed E-state index contributed by atoms with van der Waals surface area (Å²) in [6.07, 6.45) is 0. The van der Waals surface area contributed by atoms with Crippen molar-refractivity contribution in [3.63, 3.8) is 0 Å². The molecule has 0 spiro atoms. The van der Waals surface area contributed by atoms with Gasteiger partial charge in [0.05, 0.1) is 5.69 Å². The van der Waals surface area contributed by atoms with Gasteiger partial charge in [0.25, 0.3) is 11.5 Å². The van der Waals surface area contributed by atoms with Crippen molar-refractivity contribution >= 4 is 17.4 Å². The summed E-state index contributed by atoms with van der Waals surface area (Å²) in [6, 6.07) is 6.86. The van der Waals surface area contributed by atoms with Crippen LogP contribution in [0.5, 0.6) is 5.75 Å². The van der Waals surface area contributed by atoms with E-state index in [4.69, 9.17) is 5.11 Å². The Morgan fingerprint density at radius 2 is 1.92 bits per heavy atom. The van der Waals surface area contributed by atoms with Gasteiger partial charge >= 0.3 is 5.97 Å². The molecular weight excluding hydrogens is 347 g/mol. The lowest BCUT2D eigenvalue weighted by molar-refractivity contribution is -0.135. The molecule has 0 aliphatic rings. The minimum Gasteiger partial charge on any atom is -0.505 e. The maximum atomic E-state index is 13.1. The summed E-state index contributed by atoms with van der Waals surface area (Å²) in [5, 5.41) is 25.2. The molecule has 0 fully saturated rings. The highest BCUT2D eigenvalue weighted by Crippen LogP contribution is 2.26. The normalized spacial score (nSPS) is 10.8. The molecule has 0 unspecified atom stereocenters. The Morgan fingerprint density at radius 3 is 2.54 bits per heavy atom. The molecule has 3 aromatic rings. The van der Waals surface area contributed by atoms with E-state index in [9.17, 15) is 23.9 Å². The molecule has 0 bridgehead atoms. The number of aromatic hydroxyl groups is 1. The molecule has 0 atom stereocenters. The van der Waals surface area contributed by atoms with E-state index in [1.165, 1.54) is 37.4 Å². The van der Waals surface area contributed by atoms with E-state index in [1.807, 2.05) is 5.32 Å². The quantitative estimate of drug-likeness (QED) is 0.617. The van der Waals surface area contributed by atoms with Gasteiger partial charge in [-0.15, -0.1) is 0 Å². The number of carbonyl (C=O) groups is 2. The third-order valence-electron chi connectivity index (χ3n) is 3.73. The minimum atomic E-state index is -1.29. The number of benzene rings is 1. The van der Waals surface area contributed by atoms with Crippen LogP contribution in [-0.2, 0) is 11.8 Å². The lowest BCUT2D eigenvalue weighted by Gasteiger charge is -2.09. The van der Waals surface area contributed by atoms with E-state index in [0.29, 0.717) is 11.3 Å². The third-order valence-corrected chi connectivity index (χ3v) is 3.73. The summed E-state index contributed by atoms with van der Waals surface area (Å²) >= 11 is 0. The van der Waals surface area contributed by atoms with Crippen LogP contribution in [0.1, 0.15) is 10.4 Å². The second kappa shape index (κ2) is 6.31. The first-order valence-corrected chi connectivity index (χ1v) is 7.37. The Labute approximate surface area is 144 Å². The van der Waals surface area contributed by atoms with Crippen molar-refractivity contribution in [2.75, 3.05) is 6.54 Å². The Hall–Kier alpha value is -3.69. The molecule has 26 heavy (non-hydrogen) atoms. The van der Waals surface area contributed by atoms with E-state index in [0.717, 1.165) is 9.31 Å². The second-order valence-electron chi connectivity index (χ2n) is 5.44. The van der Waals surface area contributed by atoms with Crippen molar-refractivity contribution < 1.29 is 24.2 Å². The summed E-state index contributed by atoms with van der Waals surface area (Å²) in [4.78, 5) is 35.0. The van der Waals surface area contributed by atoms with Crippen LogP contribution in [0.3, 0.4) is 0 Å². The number of halogens is 1. The summed E-state index contributed by atoms with van der Waals surface area (Å²) in [5.41, 5.74) is -0.498. The van der Waals surface area contributed by atoms with Gasteiger partial charge in [0.2, 0.25) is 0 Å². The van der Waals surface area contributed by atoms with Gasteiger partial charge in [0, 0.05) is 12.6 Å². The first-order chi connectivity index (χ1) is 12.3. The first kappa shape index (κ1) is 17.1. The van der Waals surface area contributed by atoms with Gasteiger partial charge < -0.3 is 15.5 Å². The van der Waals surface area contributed by atoms with Gasteiger partial charge in [-0.05, 0) is 30.3 Å². The number of nitrogens with zero attached hydrogens (tertiary/aromatic N) is 3. The fraction of sp³-hybridized carbons (Fsp3) is 0.125. The van der Waals surface area contributed by atoms with Crippen molar-refractivity contribution in [3.05, 3.63) is 52.1 Å². The topological polar surface area (TPSA) is 126 Å². The van der Waals surface area contributed by atoms with Gasteiger partial charge in [-0.1, -0.05) is 0 Å². The number of hydrogen-bond donors (Lipinski definition) is 3. The van der Waals surface area contributed by atoms with Gasteiger partial charge in [0.15, 0.2) is 11.3 Å². The summed E-state index contributed by atoms with van der Waals surface area (Å²) < 4.78 is 15.2. The second-order valence-corrected chi connectivity index (χ2v) is 5.44. The van der Waals surface area contributed by atoms with Gasteiger partial charge in [-0.3, -0.25) is 14.4 Å². The van der Waals surface area contributed by atoms with Gasteiger partial charge in [-0.2, -0.15) is 9.73 Å².